The molecule has 1 N–H and O–H groups in total. The lowest BCUT2D eigenvalue weighted by molar-refractivity contribution is 0.251. The van der Waals surface area contributed by atoms with Gasteiger partial charge in [0.25, 0.3) is 5.56 Å². The standard InChI is InChI=1S/C17H19N3OS/c1-11-4-5-15-13(8-11)9-14(16(21)19-15)10-20(3)12(2)17-18-6-7-22-17/h4-9,12H,10H2,1-3H3,(H,19,21)/t12-/m0/s1. The van der Waals surface area contributed by atoms with Gasteiger partial charge in [-0.1, -0.05) is 11.6 Å². The van der Waals surface area contributed by atoms with Gasteiger partial charge in [-0.15, -0.1) is 11.3 Å². The van der Waals surface area contributed by atoms with Crippen LogP contribution in [-0.2, 0) is 6.54 Å². The Hall–Kier alpha value is -1.98. The highest BCUT2D eigenvalue weighted by atomic mass is 32.1. The molecular weight excluding hydrogens is 294 g/mol. The summed E-state index contributed by atoms with van der Waals surface area (Å²) < 4.78 is 0. The largest absolute Gasteiger partial charge is 0.322 e. The van der Waals surface area contributed by atoms with Crippen molar-refractivity contribution in [3.05, 3.63) is 62.3 Å². The van der Waals surface area contributed by atoms with Crippen LogP contribution in [0.3, 0.4) is 0 Å². The minimum Gasteiger partial charge on any atom is -0.322 e. The lowest BCUT2D eigenvalue weighted by Gasteiger charge is -2.22. The zero-order chi connectivity index (χ0) is 15.7. The molecule has 0 unspecified atom stereocenters. The van der Waals surface area contributed by atoms with Crippen molar-refractivity contribution in [2.45, 2.75) is 26.4 Å². The van der Waals surface area contributed by atoms with Crippen LogP contribution in [-0.4, -0.2) is 21.9 Å². The van der Waals surface area contributed by atoms with Crippen LogP contribution in [0.2, 0.25) is 0 Å². The molecule has 0 aliphatic heterocycles. The first-order chi connectivity index (χ1) is 10.5. The lowest BCUT2D eigenvalue weighted by Crippen LogP contribution is -2.26. The van der Waals surface area contributed by atoms with E-state index >= 15 is 0 Å². The highest BCUT2D eigenvalue weighted by molar-refractivity contribution is 7.09. The number of fused-ring (bicyclic) bond motifs is 1. The van der Waals surface area contributed by atoms with Gasteiger partial charge in [0.1, 0.15) is 5.01 Å². The number of aromatic amines is 1. The fraction of sp³-hybridized carbons (Fsp3) is 0.294. The Morgan fingerprint density at radius 1 is 1.36 bits per heavy atom. The summed E-state index contributed by atoms with van der Waals surface area (Å²) in [4.78, 5) is 21.7. The van der Waals surface area contributed by atoms with Gasteiger partial charge in [-0.2, -0.15) is 0 Å². The van der Waals surface area contributed by atoms with Gasteiger partial charge in [0.15, 0.2) is 0 Å². The van der Waals surface area contributed by atoms with Gasteiger partial charge < -0.3 is 4.98 Å². The summed E-state index contributed by atoms with van der Waals surface area (Å²) in [5.74, 6) is 0. The Morgan fingerprint density at radius 2 is 2.18 bits per heavy atom. The number of nitrogens with one attached hydrogen (secondary N) is 1. The average Bonchev–Trinajstić information content (AvgIpc) is 3.02. The number of hydrogen-bond donors (Lipinski definition) is 1. The first-order valence-corrected chi connectivity index (χ1v) is 8.15. The molecule has 5 heteroatoms. The van der Waals surface area contributed by atoms with E-state index in [9.17, 15) is 4.79 Å². The fourth-order valence-corrected chi connectivity index (χ4v) is 3.28. The maximum atomic E-state index is 12.3. The normalized spacial score (nSPS) is 12.9. The molecule has 0 radical (unpaired) electrons. The van der Waals surface area contributed by atoms with Crippen LogP contribution >= 0.6 is 11.3 Å². The highest BCUT2D eigenvalue weighted by Gasteiger charge is 2.15. The second-order valence-corrected chi connectivity index (χ2v) is 6.60. The summed E-state index contributed by atoms with van der Waals surface area (Å²) in [6, 6.07) is 8.24. The van der Waals surface area contributed by atoms with Crippen LogP contribution in [0, 0.1) is 6.92 Å². The van der Waals surface area contributed by atoms with Crippen molar-refractivity contribution in [2.24, 2.45) is 0 Å². The Kier molecular flexibility index (Phi) is 4.09. The van der Waals surface area contributed by atoms with Crippen LogP contribution in [0.25, 0.3) is 10.9 Å². The summed E-state index contributed by atoms with van der Waals surface area (Å²) >= 11 is 1.64. The smallest absolute Gasteiger partial charge is 0.252 e. The Labute approximate surface area is 133 Å². The topological polar surface area (TPSA) is 49.0 Å². The molecule has 22 heavy (non-hydrogen) atoms. The molecule has 2 heterocycles. The minimum absolute atomic E-state index is 0.0189. The van der Waals surface area contributed by atoms with Gasteiger partial charge in [-0.25, -0.2) is 4.98 Å². The average molecular weight is 313 g/mol. The molecule has 0 amide bonds. The first kappa shape index (κ1) is 14.9. The number of benzene rings is 1. The molecule has 0 aliphatic carbocycles. The molecular formula is C17H19N3OS. The van der Waals surface area contributed by atoms with Gasteiger partial charge >= 0.3 is 0 Å². The molecule has 0 saturated carbocycles. The van der Waals surface area contributed by atoms with Crippen LogP contribution in [0.1, 0.15) is 29.1 Å². The zero-order valence-corrected chi connectivity index (χ0v) is 13.8. The molecule has 4 nitrogen and oxygen atoms in total. The van der Waals surface area contributed by atoms with Crippen LogP contribution < -0.4 is 5.56 Å². The molecule has 0 aliphatic rings. The second-order valence-electron chi connectivity index (χ2n) is 5.68. The third-order valence-electron chi connectivity index (χ3n) is 3.97. The molecule has 2 aromatic heterocycles. The van der Waals surface area contributed by atoms with Crippen molar-refractivity contribution in [1.29, 1.82) is 0 Å². The number of thiazole rings is 1. The van der Waals surface area contributed by atoms with Gasteiger partial charge in [-0.3, -0.25) is 9.69 Å². The molecule has 0 fully saturated rings. The van der Waals surface area contributed by atoms with E-state index in [1.54, 1.807) is 11.3 Å². The second kappa shape index (κ2) is 6.02. The van der Waals surface area contributed by atoms with Gasteiger partial charge in [-0.05, 0) is 44.5 Å². The van der Waals surface area contributed by atoms with Crippen LogP contribution in [0.15, 0.2) is 40.6 Å². The van der Waals surface area contributed by atoms with E-state index in [1.165, 1.54) is 5.56 Å². The van der Waals surface area contributed by atoms with Gasteiger partial charge in [0.2, 0.25) is 0 Å². The SMILES string of the molecule is Cc1ccc2[nH]c(=O)c(CN(C)[C@@H](C)c3nccs3)cc2c1. The highest BCUT2D eigenvalue weighted by Crippen LogP contribution is 2.22. The summed E-state index contributed by atoms with van der Waals surface area (Å²) in [7, 11) is 2.02. The Bertz CT molecular complexity index is 839. The molecule has 0 saturated heterocycles. The number of nitrogens with zero attached hydrogens (tertiary/aromatic N) is 2. The van der Waals surface area contributed by atoms with E-state index in [0.29, 0.717) is 6.54 Å². The minimum atomic E-state index is -0.0189. The fourth-order valence-electron chi connectivity index (χ4n) is 2.52. The maximum absolute atomic E-state index is 12.3. The summed E-state index contributed by atoms with van der Waals surface area (Å²) in [5.41, 5.74) is 2.84. The number of H-pyrrole nitrogens is 1. The van der Waals surface area contributed by atoms with E-state index in [1.807, 2.05) is 36.8 Å². The van der Waals surface area contributed by atoms with Crippen molar-refractivity contribution in [3.8, 4) is 0 Å². The number of aryl methyl sites for hydroxylation is 1. The summed E-state index contributed by atoms with van der Waals surface area (Å²) in [6.45, 7) is 4.76. The Morgan fingerprint density at radius 3 is 2.91 bits per heavy atom. The van der Waals surface area contributed by atoms with E-state index in [-0.39, 0.29) is 11.6 Å². The van der Waals surface area contributed by atoms with Crippen molar-refractivity contribution < 1.29 is 0 Å². The van der Waals surface area contributed by atoms with Crippen LogP contribution in [0.5, 0.6) is 0 Å². The lowest BCUT2D eigenvalue weighted by atomic mass is 10.1. The van der Waals surface area contributed by atoms with Crippen molar-refractivity contribution in [1.82, 2.24) is 14.9 Å². The van der Waals surface area contributed by atoms with E-state index in [0.717, 1.165) is 21.5 Å². The molecule has 0 spiro atoms. The number of hydrogen-bond acceptors (Lipinski definition) is 4. The molecule has 0 bridgehead atoms. The molecule has 3 rings (SSSR count). The van der Waals surface area contributed by atoms with E-state index in [4.69, 9.17) is 0 Å². The van der Waals surface area contributed by atoms with Crippen LogP contribution in [0.4, 0.5) is 0 Å². The molecule has 114 valence electrons. The third-order valence-corrected chi connectivity index (χ3v) is 4.91. The molecule has 3 aromatic rings. The molecule has 1 aromatic carbocycles. The number of aromatic nitrogens is 2. The monoisotopic (exact) mass is 313 g/mol. The number of rotatable bonds is 4. The Balaban J connectivity index is 1.90. The van der Waals surface area contributed by atoms with Crippen molar-refractivity contribution in [3.63, 3.8) is 0 Å². The summed E-state index contributed by atoms with van der Waals surface area (Å²) in [5, 5.41) is 4.12. The van der Waals surface area contributed by atoms with Crippen molar-refractivity contribution >= 4 is 22.2 Å². The maximum Gasteiger partial charge on any atom is 0.252 e. The predicted octanol–water partition coefficient (Wildman–Crippen LogP) is 3.49. The third kappa shape index (κ3) is 2.96. The quantitative estimate of drug-likeness (QED) is 0.802. The zero-order valence-electron chi connectivity index (χ0n) is 13.0. The molecule has 1 atom stereocenters. The number of pyridine rings is 1. The predicted molar refractivity (Wildman–Crippen MR) is 91.3 cm³/mol. The van der Waals surface area contributed by atoms with Gasteiger partial charge in [0, 0.05) is 29.2 Å². The first-order valence-electron chi connectivity index (χ1n) is 7.27. The van der Waals surface area contributed by atoms with Gasteiger partial charge in [0.05, 0.1) is 6.04 Å². The van der Waals surface area contributed by atoms with E-state index in [2.05, 4.69) is 34.8 Å². The van der Waals surface area contributed by atoms with Crippen molar-refractivity contribution in [2.75, 3.05) is 7.05 Å². The van der Waals surface area contributed by atoms with E-state index < -0.39 is 0 Å². The summed E-state index contributed by atoms with van der Waals surface area (Å²) in [6.07, 6.45) is 1.82.